The van der Waals surface area contributed by atoms with Gasteiger partial charge in [0, 0.05) is 57.0 Å². The molecule has 4 fully saturated rings. The predicted octanol–water partition coefficient (Wildman–Crippen LogP) is 2.37. The van der Waals surface area contributed by atoms with Gasteiger partial charge in [-0.2, -0.15) is 26.9 Å². The fourth-order valence-corrected chi connectivity index (χ4v) is 5.87. The summed E-state index contributed by atoms with van der Waals surface area (Å²) in [7, 11) is 0. The Morgan fingerprint density at radius 2 is 1.66 bits per heavy atom. The van der Waals surface area contributed by atoms with Gasteiger partial charge in [0.05, 0.1) is 12.6 Å². The molecule has 10 nitrogen and oxygen atoms in total. The molecule has 0 N–H and O–H groups in total. The first-order valence-electron chi connectivity index (χ1n) is 11.3. The van der Waals surface area contributed by atoms with Gasteiger partial charge >= 0.3 is 18.1 Å². The smallest absolute Gasteiger partial charge is 0.338 e. The highest BCUT2D eigenvalue weighted by molar-refractivity contribution is 5.77. The fourth-order valence-electron chi connectivity index (χ4n) is 5.87. The normalized spacial score (nSPS) is 23.7. The van der Waals surface area contributed by atoms with Crippen LogP contribution in [-0.4, -0.2) is 84.9 Å². The van der Waals surface area contributed by atoms with E-state index in [0.29, 0.717) is 52.5 Å². The van der Waals surface area contributed by atoms with E-state index in [1.807, 2.05) is 4.90 Å². The van der Waals surface area contributed by atoms with E-state index in [4.69, 9.17) is 4.52 Å². The summed E-state index contributed by atoms with van der Waals surface area (Å²) in [5.74, 6) is -4.75. The van der Waals surface area contributed by atoms with E-state index in [-0.39, 0.29) is 28.8 Å². The molecule has 3 saturated heterocycles. The Bertz CT molecular complexity index is 1130. The number of urea groups is 1. The van der Waals surface area contributed by atoms with Crippen LogP contribution in [0.2, 0.25) is 0 Å². The molecule has 15 heteroatoms. The minimum atomic E-state index is -4.55. The van der Waals surface area contributed by atoms with Crippen LogP contribution >= 0.6 is 0 Å². The van der Waals surface area contributed by atoms with Gasteiger partial charge in [-0.1, -0.05) is 5.16 Å². The van der Waals surface area contributed by atoms with Crippen molar-refractivity contribution in [2.24, 2.45) is 10.8 Å². The highest BCUT2D eigenvalue weighted by Crippen LogP contribution is 2.54. The molecule has 2 amide bonds. The first-order valence-corrected chi connectivity index (χ1v) is 11.3. The van der Waals surface area contributed by atoms with Gasteiger partial charge in [-0.3, -0.25) is 4.90 Å². The number of nitrogens with zero attached hydrogens (tertiary/aromatic N) is 8. The molecular weight excluding hydrogens is 479 g/mol. The topological polar surface area (TPSA) is 96.4 Å². The van der Waals surface area contributed by atoms with Gasteiger partial charge in [-0.25, -0.2) is 14.5 Å². The number of carbonyl (C=O) groups is 1. The van der Waals surface area contributed by atoms with Crippen molar-refractivity contribution in [3.05, 3.63) is 23.9 Å². The van der Waals surface area contributed by atoms with Gasteiger partial charge in [0.25, 0.3) is 5.82 Å². The van der Waals surface area contributed by atoms with Crippen LogP contribution < -0.4 is 0 Å². The first-order chi connectivity index (χ1) is 16.3. The zero-order valence-electron chi connectivity index (χ0n) is 18.8. The largest absolute Gasteiger partial charge is 0.453 e. The third-order valence-electron chi connectivity index (χ3n) is 7.46. The summed E-state index contributed by atoms with van der Waals surface area (Å²) in [5.41, 5.74) is -0.0284. The van der Waals surface area contributed by atoms with E-state index >= 15 is 0 Å². The maximum Gasteiger partial charge on any atom is 0.453 e. The van der Waals surface area contributed by atoms with Crippen molar-refractivity contribution in [2.45, 2.75) is 44.5 Å². The molecule has 35 heavy (non-hydrogen) atoms. The Labute approximate surface area is 196 Å². The van der Waals surface area contributed by atoms with Crippen molar-refractivity contribution in [2.75, 3.05) is 39.3 Å². The molecule has 2 aromatic rings. The van der Waals surface area contributed by atoms with E-state index in [9.17, 15) is 26.7 Å². The van der Waals surface area contributed by atoms with E-state index in [1.165, 1.54) is 4.68 Å². The van der Waals surface area contributed by atoms with Gasteiger partial charge in [0.2, 0.25) is 11.7 Å². The molecule has 2 aromatic heterocycles. The maximum atomic E-state index is 13.2. The van der Waals surface area contributed by atoms with Crippen molar-refractivity contribution in [1.82, 2.24) is 39.6 Å². The third kappa shape index (κ3) is 3.83. The van der Waals surface area contributed by atoms with Crippen LogP contribution in [0.15, 0.2) is 10.9 Å². The minimum Gasteiger partial charge on any atom is -0.338 e. The number of aromatic nitrogens is 5. The minimum absolute atomic E-state index is 0.0145. The Balaban J connectivity index is 0.926. The molecule has 6 rings (SSSR count). The Morgan fingerprint density at radius 3 is 2.20 bits per heavy atom. The van der Waals surface area contributed by atoms with Crippen LogP contribution in [0, 0.1) is 10.8 Å². The first kappa shape index (κ1) is 22.6. The van der Waals surface area contributed by atoms with E-state index < -0.39 is 23.7 Å². The Kier molecular flexibility index (Phi) is 4.59. The molecule has 0 atom stereocenters. The lowest BCUT2D eigenvalue weighted by atomic mass is 9.60. The van der Waals surface area contributed by atoms with Crippen molar-refractivity contribution in [3.63, 3.8) is 0 Å². The van der Waals surface area contributed by atoms with Crippen molar-refractivity contribution in [1.29, 1.82) is 0 Å². The number of hydrogen-bond acceptors (Lipinski definition) is 7. The summed E-state index contributed by atoms with van der Waals surface area (Å²) in [6, 6.07) is -0.141. The van der Waals surface area contributed by atoms with Crippen LogP contribution in [0.5, 0.6) is 0 Å². The molecule has 0 bridgehead atoms. The quantitative estimate of drug-likeness (QED) is 0.593. The van der Waals surface area contributed by atoms with E-state index in [0.717, 1.165) is 19.4 Å². The van der Waals surface area contributed by atoms with Gasteiger partial charge in [0.15, 0.2) is 0 Å². The molecule has 1 aliphatic carbocycles. The fraction of sp³-hybridized carbons (Fsp3) is 0.750. The van der Waals surface area contributed by atoms with Gasteiger partial charge in [-0.15, -0.1) is 5.10 Å². The average molecular weight is 502 g/mol. The maximum absolute atomic E-state index is 13.2. The van der Waals surface area contributed by atoms with Gasteiger partial charge in [-0.05, 0) is 12.8 Å². The molecule has 190 valence electrons. The molecule has 0 radical (unpaired) electrons. The van der Waals surface area contributed by atoms with Crippen LogP contribution in [-0.2, 0) is 18.6 Å². The summed E-state index contributed by atoms with van der Waals surface area (Å²) >= 11 is 0. The monoisotopic (exact) mass is 502 g/mol. The lowest BCUT2D eigenvalue weighted by Gasteiger charge is -2.63. The second kappa shape index (κ2) is 7.11. The van der Waals surface area contributed by atoms with Crippen molar-refractivity contribution < 1.29 is 31.3 Å². The third-order valence-corrected chi connectivity index (χ3v) is 7.46. The molecule has 3 aliphatic heterocycles. The highest BCUT2D eigenvalue weighted by Gasteiger charge is 2.58. The Morgan fingerprint density at radius 1 is 1.03 bits per heavy atom. The summed E-state index contributed by atoms with van der Waals surface area (Å²) in [6.07, 6.45) is -2.07. The number of hydrogen-bond donors (Lipinski definition) is 0. The molecule has 0 unspecified atom stereocenters. The van der Waals surface area contributed by atoms with Crippen LogP contribution in [0.1, 0.15) is 43.3 Å². The van der Waals surface area contributed by atoms with Crippen molar-refractivity contribution in [3.8, 4) is 0 Å². The molecule has 4 aliphatic rings. The number of likely N-dealkylation sites (tertiary alicyclic amines) is 3. The summed E-state index contributed by atoms with van der Waals surface area (Å²) in [6.45, 7) is 4.92. The number of amides is 2. The summed E-state index contributed by atoms with van der Waals surface area (Å²) in [4.78, 5) is 25.5. The molecule has 2 spiro atoms. The van der Waals surface area contributed by atoms with Crippen LogP contribution in [0.4, 0.5) is 26.7 Å². The predicted molar refractivity (Wildman–Crippen MR) is 106 cm³/mol. The second-order valence-corrected chi connectivity index (χ2v) is 10.6. The van der Waals surface area contributed by atoms with Gasteiger partial charge < -0.3 is 14.3 Å². The lowest BCUT2D eigenvalue weighted by molar-refractivity contribution is -0.145. The number of rotatable bonds is 4. The summed E-state index contributed by atoms with van der Waals surface area (Å²) in [5, 5.41) is 6.87. The molecule has 0 aromatic carbocycles. The lowest BCUT2D eigenvalue weighted by Crippen LogP contribution is -2.75. The number of alkyl halides is 5. The molecule has 1 saturated carbocycles. The van der Waals surface area contributed by atoms with Gasteiger partial charge in [0.1, 0.15) is 6.33 Å². The highest BCUT2D eigenvalue weighted by atomic mass is 19.4. The zero-order chi connectivity index (χ0) is 24.8. The standard InChI is InChI=1S/C20H23F5N8O2/c1-17(21,22)14-27-13(35-29-14)4-30-5-19(6-30)9-32(10-19)16(34)31-7-18(8-31)2-12(3-18)33-11-26-15(28-33)20(23,24)25/h11-12H,2-10H2,1H3. The average Bonchev–Trinajstić information content (AvgIpc) is 3.29. The van der Waals surface area contributed by atoms with E-state index in [2.05, 4.69) is 20.2 Å². The van der Waals surface area contributed by atoms with Crippen LogP contribution in [0.3, 0.4) is 0 Å². The number of halogens is 5. The summed E-state index contributed by atoms with van der Waals surface area (Å²) < 4.78 is 70.7. The van der Waals surface area contributed by atoms with E-state index in [1.54, 1.807) is 9.80 Å². The zero-order valence-corrected chi connectivity index (χ0v) is 18.8. The van der Waals surface area contributed by atoms with Crippen LogP contribution in [0.25, 0.3) is 0 Å². The molecule has 5 heterocycles. The number of carbonyl (C=O) groups excluding carboxylic acids is 1. The Hall–Kier alpha value is -2.84. The van der Waals surface area contributed by atoms with Crippen molar-refractivity contribution >= 4 is 6.03 Å². The second-order valence-electron chi connectivity index (χ2n) is 10.6. The SMILES string of the molecule is CC(F)(F)c1noc(CN2CC3(C2)CN(C(=O)N2CC4(CC(n5cnc(C(F)(F)F)n5)C4)C2)C3)n1. The molecular formula is C20H23F5N8O2.